The Kier molecular flexibility index (Phi) is 3.59. The summed E-state index contributed by atoms with van der Waals surface area (Å²) in [6.45, 7) is 0. The maximum absolute atomic E-state index is 9.22. The van der Waals surface area contributed by atoms with Crippen LogP contribution in [0.1, 0.15) is 0 Å². The van der Waals surface area contributed by atoms with Gasteiger partial charge in [0.1, 0.15) is 0 Å². The van der Waals surface area contributed by atoms with Crippen LogP contribution in [-0.4, -0.2) is 3.14 Å². The van der Waals surface area contributed by atoms with Gasteiger partial charge in [0, 0.05) is 0 Å². The highest BCUT2D eigenvalue weighted by atomic mass is 128. The molecule has 0 saturated heterocycles. The van der Waals surface area contributed by atoms with Gasteiger partial charge in [0.25, 0.3) is 0 Å². The van der Waals surface area contributed by atoms with Gasteiger partial charge in [-0.15, -0.1) is 0 Å². The van der Waals surface area contributed by atoms with Gasteiger partial charge in [-0.05, 0) is 0 Å². The predicted molar refractivity (Wildman–Crippen MR) is 35.0 cm³/mol. The average Bonchev–Trinajstić information content (AvgIpc) is 1.38. The fourth-order valence-electron chi connectivity index (χ4n) is 0. The van der Waals surface area contributed by atoms with Crippen molar-refractivity contribution in [2.75, 3.05) is 0 Å². The Bertz CT molecular complexity index is 42.9. The van der Waals surface area contributed by atoms with Gasteiger partial charge in [-0.3, -0.25) is 10.1 Å². The monoisotopic (exact) mass is 300 g/mol. The molecule has 0 amide bonds. The lowest BCUT2D eigenvalue weighted by molar-refractivity contribution is -0.227. The van der Waals surface area contributed by atoms with E-state index in [4.69, 9.17) is 0 Å². The Labute approximate surface area is 49.1 Å². The number of rotatable bonds is 1. The third kappa shape index (κ3) is 4.86. The summed E-state index contributed by atoms with van der Waals surface area (Å²) in [6, 6.07) is 0. The molecule has 0 aliphatic carbocycles. The predicted octanol–water partition coefficient (Wildman–Crippen LogP) is 1.50. The molecular weight excluding hydrogens is 300 g/mol. The summed E-state index contributed by atoms with van der Waals surface area (Å²) in [4.78, 5) is 9.22. The summed E-state index contributed by atoms with van der Waals surface area (Å²) in [5, 5.41) is 9.22. The van der Waals surface area contributed by atoms with Crippen LogP contribution in [0.4, 0.5) is 0 Å². The third-order valence-corrected chi connectivity index (χ3v) is 2.35. The molecule has 0 aliphatic rings. The van der Waals surface area contributed by atoms with Crippen LogP contribution in [0.25, 0.3) is 0 Å². The molecule has 0 saturated carbocycles. The van der Waals surface area contributed by atoms with Crippen molar-refractivity contribution in [2.45, 2.75) is 0 Å². The Morgan fingerprint density at radius 2 is 2.20 bits per heavy atom. The lowest BCUT2D eigenvalue weighted by Crippen LogP contribution is -1.68. The summed E-state index contributed by atoms with van der Waals surface area (Å²) in [5.74, 6) is 0. The number of halogens is 2. The molecule has 0 atom stereocenters. The molecule has 5 heteroatoms. The molecule has 3 nitrogen and oxygen atoms in total. The Morgan fingerprint density at radius 3 is 2.20 bits per heavy atom. The lowest BCUT2D eigenvalue weighted by atomic mass is 13.4. The maximum atomic E-state index is 9.22. The first-order chi connectivity index (χ1) is 2.27. The molecule has 0 aromatic rings. The topological polar surface area (TPSA) is 43.1 Å². The molecule has 0 aromatic carbocycles. The second kappa shape index (κ2) is 3.07. The standard InChI is InChI=1S/I2NO2/c1-2-3(4)5. The first-order valence-electron chi connectivity index (χ1n) is 0.677. The summed E-state index contributed by atoms with van der Waals surface area (Å²) < 4.78 is -0.278. The second-order valence-electron chi connectivity index (χ2n) is 0.276. The van der Waals surface area contributed by atoms with Crippen LogP contribution in [0.15, 0.2) is 0 Å². The number of hydrogen-bond donors (Lipinski definition) is 0. The largest absolute Gasteiger partial charge is 0.350 e. The summed E-state index contributed by atoms with van der Waals surface area (Å²) in [5.41, 5.74) is 0. The van der Waals surface area contributed by atoms with Gasteiger partial charge in [0.05, 0.1) is 21.8 Å². The van der Waals surface area contributed by atoms with Gasteiger partial charge in [0.15, 0.2) is 0 Å². The Morgan fingerprint density at radius 1 is 2.00 bits per heavy atom. The molecule has 0 rings (SSSR count). The van der Waals surface area contributed by atoms with Crippen LogP contribution < -0.4 is 0 Å². The van der Waals surface area contributed by atoms with Gasteiger partial charge in [0.2, 0.25) is 0 Å². The molecular formula is I2NO2. The van der Waals surface area contributed by atoms with Gasteiger partial charge in [-0.25, -0.2) is 0 Å². The third-order valence-electron chi connectivity index (χ3n) is 0.0522. The average molecular weight is 300 g/mol. The Hall–Kier alpha value is 0.860. The lowest BCUT2D eigenvalue weighted by Gasteiger charge is -1.67. The van der Waals surface area contributed by atoms with Crippen molar-refractivity contribution in [1.29, 1.82) is 0 Å². The van der Waals surface area contributed by atoms with E-state index in [1.54, 1.807) is 18.6 Å². The van der Waals surface area contributed by atoms with E-state index in [0.29, 0.717) is 0 Å². The van der Waals surface area contributed by atoms with E-state index in [1.165, 1.54) is 0 Å². The second-order valence-corrected chi connectivity index (χ2v) is 3.88. The molecule has 0 N–H and O–H groups in total. The van der Waals surface area contributed by atoms with E-state index in [0.717, 1.165) is 0 Å². The fourth-order valence-corrected chi connectivity index (χ4v) is 0. The minimum absolute atomic E-state index is 0.278. The quantitative estimate of drug-likeness (QED) is 0.319. The maximum Gasteiger partial charge on any atom is 0.350 e. The first-order valence-corrected chi connectivity index (χ1v) is 7.93. The molecule has 0 unspecified atom stereocenters. The summed E-state index contributed by atoms with van der Waals surface area (Å²) >= 11 is 1.03. The van der Waals surface area contributed by atoms with Crippen LogP contribution in [0, 0.1) is 10.1 Å². The van der Waals surface area contributed by atoms with E-state index in [-0.39, 0.29) is 3.14 Å². The zero-order chi connectivity index (χ0) is 4.28. The van der Waals surface area contributed by atoms with Crippen molar-refractivity contribution < 1.29 is 3.14 Å². The van der Waals surface area contributed by atoms with E-state index < -0.39 is 17.5 Å². The van der Waals surface area contributed by atoms with Crippen molar-refractivity contribution in [3.63, 3.8) is 0 Å². The normalized spacial score (nSPS) is 7.40. The van der Waals surface area contributed by atoms with E-state index in [9.17, 15) is 10.1 Å². The zero-order valence-corrected chi connectivity index (χ0v) is 6.33. The van der Waals surface area contributed by atoms with Gasteiger partial charge >= 0.3 is 17.5 Å². The molecule has 0 spiro atoms. The SMILES string of the molecule is O=[N+]([O-])[I]I. The first kappa shape index (κ1) is 5.86. The van der Waals surface area contributed by atoms with E-state index in [2.05, 4.69) is 0 Å². The molecule has 1 radical (unpaired) electrons. The fraction of sp³-hybridized carbons (Fsp3) is 0. The number of nitro groups is 1. The molecule has 0 fully saturated rings. The molecule has 5 heavy (non-hydrogen) atoms. The minimum atomic E-state index is -0.760. The van der Waals surface area contributed by atoms with Crippen LogP contribution in [-0.2, 0) is 0 Å². The van der Waals surface area contributed by atoms with Crippen LogP contribution in [0.2, 0.25) is 0 Å². The van der Waals surface area contributed by atoms with Crippen molar-refractivity contribution in [3.05, 3.63) is 10.1 Å². The number of nitrogens with zero attached hydrogens (tertiary/aromatic N) is 1. The zero-order valence-electron chi connectivity index (χ0n) is 2.02. The van der Waals surface area contributed by atoms with Crippen LogP contribution >= 0.6 is 36.1 Å². The number of hydrogen-bond acceptors (Lipinski definition) is 2. The molecule has 0 bridgehead atoms. The van der Waals surface area contributed by atoms with Crippen LogP contribution in [0.5, 0.6) is 0 Å². The molecule has 31 valence electrons. The van der Waals surface area contributed by atoms with Gasteiger partial charge in [-0.1, -0.05) is 0 Å². The van der Waals surface area contributed by atoms with Crippen molar-refractivity contribution in [1.82, 2.24) is 0 Å². The highest BCUT2D eigenvalue weighted by molar-refractivity contribution is 15.1. The molecule has 0 heterocycles. The highest BCUT2D eigenvalue weighted by Crippen LogP contribution is 2.20. The van der Waals surface area contributed by atoms with Gasteiger partial charge < -0.3 is 0 Å². The highest BCUT2D eigenvalue weighted by Gasteiger charge is 1.86. The summed E-state index contributed by atoms with van der Waals surface area (Å²) in [7, 11) is 0. The van der Waals surface area contributed by atoms with E-state index in [1.807, 2.05) is 0 Å². The molecule has 0 aliphatic heterocycles. The summed E-state index contributed by atoms with van der Waals surface area (Å²) in [6.07, 6.45) is 0. The van der Waals surface area contributed by atoms with E-state index >= 15 is 0 Å². The Balaban J connectivity index is 2.85. The molecule has 0 aromatic heterocycles. The smallest absolute Gasteiger partial charge is 0.256 e. The van der Waals surface area contributed by atoms with Crippen molar-refractivity contribution in [2.24, 2.45) is 0 Å². The minimum Gasteiger partial charge on any atom is -0.256 e. The van der Waals surface area contributed by atoms with Crippen LogP contribution in [0.3, 0.4) is 0 Å². The van der Waals surface area contributed by atoms with Crippen molar-refractivity contribution >= 4 is 36.1 Å². The van der Waals surface area contributed by atoms with Gasteiger partial charge in [-0.2, -0.15) is 0 Å². The van der Waals surface area contributed by atoms with Crippen molar-refractivity contribution in [3.8, 4) is 0 Å².